The van der Waals surface area contributed by atoms with Gasteiger partial charge in [0.2, 0.25) is 0 Å². The monoisotopic (exact) mass is 463 g/mol. The number of aliphatic hydroxyl groups is 3. The van der Waals surface area contributed by atoms with E-state index in [2.05, 4.69) is 17.5 Å². The van der Waals surface area contributed by atoms with Crippen LogP contribution in [0, 0.1) is 5.41 Å². The first-order chi connectivity index (χ1) is 10.4. The quantitative estimate of drug-likeness (QED) is 0.243. The molecular weight excluding hydrogens is 437 g/mol. The molecule has 0 aliphatic rings. The van der Waals surface area contributed by atoms with E-state index in [9.17, 15) is 24.4 Å². The maximum absolute atomic E-state index is 9.89. The third-order valence-electron chi connectivity index (χ3n) is 3.14. The van der Waals surface area contributed by atoms with E-state index in [1.165, 1.54) is 12.2 Å². The Labute approximate surface area is 162 Å². The van der Waals surface area contributed by atoms with E-state index >= 15 is 0 Å². The zero-order valence-electron chi connectivity index (χ0n) is 13.9. The number of rotatable bonds is 10. The van der Waals surface area contributed by atoms with Crippen molar-refractivity contribution in [2.75, 3.05) is 13.3 Å². The predicted octanol–water partition coefficient (Wildman–Crippen LogP) is 1.71. The summed E-state index contributed by atoms with van der Waals surface area (Å²) in [5.74, 6) is 0. The maximum atomic E-state index is 9.89. The third-order valence-corrected chi connectivity index (χ3v) is 4.91. The van der Waals surface area contributed by atoms with Crippen LogP contribution in [0.5, 0.6) is 0 Å². The van der Waals surface area contributed by atoms with Crippen LogP contribution in [0.2, 0.25) is 0 Å². The van der Waals surface area contributed by atoms with E-state index in [1.54, 1.807) is 0 Å². The minimum absolute atomic E-state index is 0. The summed E-state index contributed by atoms with van der Waals surface area (Å²) in [5.41, 5.74) is -0.457. The number of hydrogen-bond acceptors (Lipinski definition) is 6. The summed E-state index contributed by atoms with van der Waals surface area (Å²) in [4.78, 5) is 15.8. The van der Waals surface area contributed by atoms with Gasteiger partial charge in [-0.1, -0.05) is 19.1 Å². The van der Waals surface area contributed by atoms with Gasteiger partial charge in [-0.15, -0.1) is 13.2 Å². The summed E-state index contributed by atoms with van der Waals surface area (Å²) >= 11 is 0. The molecule has 0 spiro atoms. The molecule has 0 aromatic carbocycles. The Bertz CT molecular complexity index is 404. The molecule has 0 bridgehead atoms. The predicted molar refractivity (Wildman–Crippen MR) is 88.1 cm³/mol. The van der Waals surface area contributed by atoms with Crippen LogP contribution in [-0.2, 0) is 39.6 Å². The van der Waals surface area contributed by atoms with Gasteiger partial charge >= 0.3 is 15.9 Å². The normalized spacial score (nSPS) is 16.4. The summed E-state index contributed by atoms with van der Waals surface area (Å²) in [6, 6.07) is 0. The molecule has 0 amide bonds. The van der Waals surface area contributed by atoms with Gasteiger partial charge in [0.25, 0.3) is 0 Å². The SMILES string of the molecule is C=CC(O)CC(CC)(CO)CC(O)C=C.C[P+](=O)OP(=O)(O)O.[Zr]. The van der Waals surface area contributed by atoms with Crippen LogP contribution in [0.1, 0.15) is 26.2 Å². The molecule has 0 aromatic heterocycles. The third kappa shape index (κ3) is 16.0. The Balaban J connectivity index is -0.000000419. The van der Waals surface area contributed by atoms with Gasteiger partial charge in [-0.3, -0.25) is 0 Å². The second-order valence-electron chi connectivity index (χ2n) is 5.04. The Kier molecular flexibility index (Phi) is 17.8. The largest absolute Gasteiger partial charge is 0.515 e. The summed E-state index contributed by atoms with van der Waals surface area (Å²) < 4.78 is 23.2. The summed E-state index contributed by atoms with van der Waals surface area (Å²) in [7, 11) is -6.71. The molecule has 0 aliphatic heterocycles. The standard InChI is InChI=1S/C12H22O3.CH4O5P2.Zr/c1-4-10(14)7-12(6-3,9-13)8-11(15)5-2;1-7(2)6-8(3,4)5;/h4-5,10-11,13-15H,1-2,6-9H2,3H3;1H3,(H-,3,4,5);/p+1. The molecule has 0 saturated heterocycles. The van der Waals surface area contributed by atoms with Crippen LogP contribution in [0.15, 0.2) is 25.3 Å². The van der Waals surface area contributed by atoms with Gasteiger partial charge < -0.3 is 25.1 Å². The van der Waals surface area contributed by atoms with E-state index in [-0.39, 0.29) is 32.8 Å². The van der Waals surface area contributed by atoms with Gasteiger partial charge in [0, 0.05) is 32.8 Å². The van der Waals surface area contributed by atoms with E-state index < -0.39 is 33.5 Å². The first kappa shape index (κ1) is 29.2. The smallest absolute Gasteiger partial charge is 0.396 e. The first-order valence-corrected chi connectivity index (χ1v) is 9.99. The first-order valence-electron chi connectivity index (χ1n) is 6.83. The van der Waals surface area contributed by atoms with Crippen molar-refractivity contribution in [1.82, 2.24) is 0 Å². The van der Waals surface area contributed by atoms with Crippen molar-refractivity contribution >= 4 is 15.9 Å². The molecule has 11 heteroatoms. The second-order valence-corrected chi connectivity index (χ2v) is 7.55. The summed E-state index contributed by atoms with van der Waals surface area (Å²) in [5, 5.41) is 28.4. The topological polar surface area (TPSA) is 145 Å². The fourth-order valence-corrected chi connectivity index (χ4v) is 3.01. The molecule has 140 valence electrons. The van der Waals surface area contributed by atoms with Gasteiger partial charge in [-0.05, 0) is 33.6 Å². The summed E-state index contributed by atoms with van der Waals surface area (Å²) in [6.07, 6.45) is 3.12. The molecule has 0 fully saturated rings. The Morgan fingerprint density at radius 1 is 1.21 bits per heavy atom. The molecule has 8 nitrogen and oxygen atoms in total. The fraction of sp³-hybridized carbons (Fsp3) is 0.692. The number of phosphoric acid groups is 1. The minimum Gasteiger partial charge on any atom is -0.396 e. The number of aliphatic hydroxyl groups excluding tert-OH is 3. The Morgan fingerprint density at radius 2 is 1.58 bits per heavy atom. The van der Waals surface area contributed by atoms with Crippen LogP contribution < -0.4 is 0 Å². The fourth-order valence-electron chi connectivity index (χ4n) is 1.82. The van der Waals surface area contributed by atoms with Gasteiger partial charge in [0.15, 0.2) is 6.66 Å². The molecular formula is C13H27O8P2Zr+. The molecule has 0 rings (SSSR count). The zero-order valence-corrected chi connectivity index (χ0v) is 18.2. The van der Waals surface area contributed by atoms with Gasteiger partial charge in [0.05, 0.1) is 12.2 Å². The Morgan fingerprint density at radius 3 is 1.71 bits per heavy atom. The van der Waals surface area contributed by atoms with E-state index in [4.69, 9.17) is 9.79 Å². The van der Waals surface area contributed by atoms with E-state index in [0.29, 0.717) is 19.3 Å². The van der Waals surface area contributed by atoms with E-state index in [0.717, 1.165) is 6.66 Å². The van der Waals surface area contributed by atoms with Crippen molar-refractivity contribution in [3.63, 3.8) is 0 Å². The van der Waals surface area contributed by atoms with Gasteiger partial charge in [-0.2, -0.15) is 0 Å². The van der Waals surface area contributed by atoms with Gasteiger partial charge in [0.1, 0.15) is 0 Å². The number of hydrogen-bond donors (Lipinski definition) is 5. The van der Waals surface area contributed by atoms with Gasteiger partial charge in [-0.25, -0.2) is 4.57 Å². The minimum atomic E-state index is -4.51. The zero-order chi connectivity index (χ0) is 18.7. The molecule has 0 radical (unpaired) electrons. The van der Waals surface area contributed by atoms with E-state index in [1.807, 2.05) is 6.92 Å². The molecule has 0 aromatic rings. The molecule has 3 atom stereocenters. The van der Waals surface area contributed by atoms with Crippen molar-refractivity contribution in [2.45, 2.75) is 38.4 Å². The van der Waals surface area contributed by atoms with Crippen molar-refractivity contribution in [1.29, 1.82) is 0 Å². The molecule has 3 unspecified atom stereocenters. The average molecular weight is 465 g/mol. The maximum Gasteiger partial charge on any atom is 0.515 e. The van der Waals surface area contributed by atoms with Crippen molar-refractivity contribution in [3.05, 3.63) is 25.3 Å². The van der Waals surface area contributed by atoms with Crippen molar-refractivity contribution in [3.8, 4) is 0 Å². The van der Waals surface area contributed by atoms with Crippen molar-refractivity contribution < 1.29 is 64.8 Å². The van der Waals surface area contributed by atoms with Crippen LogP contribution in [-0.4, -0.2) is 50.6 Å². The molecule has 0 aliphatic carbocycles. The van der Waals surface area contributed by atoms with Crippen molar-refractivity contribution in [2.24, 2.45) is 5.41 Å². The van der Waals surface area contributed by atoms with Crippen LogP contribution in [0.4, 0.5) is 0 Å². The van der Waals surface area contributed by atoms with Crippen LogP contribution >= 0.6 is 15.9 Å². The molecule has 5 N–H and O–H groups in total. The second kappa shape index (κ2) is 14.6. The average Bonchev–Trinajstić information content (AvgIpc) is 2.44. The Hall–Kier alpha value is 0.453. The summed E-state index contributed by atoms with van der Waals surface area (Å²) in [6.45, 7) is 9.94. The van der Waals surface area contributed by atoms with Crippen LogP contribution in [0.25, 0.3) is 0 Å². The van der Waals surface area contributed by atoms with Crippen LogP contribution in [0.3, 0.4) is 0 Å². The molecule has 24 heavy (non-hydrogen) atoms. The molecule has 0 heterocycles. The molecule has 0 saturated carbocycles.